The van der Waals surface area contributed by atoms with Gasteiger partial charge in [-0.05, 0) is 41.5 Å². The Labute approximate surface area is 199 Å². The summed E-state index contributed by atoms with van der Waals surface area (Å²) in [6.07, 6.45) is -4.49. The molecule has 2 aliphatic carbocycles. The number of nitrogens with zero attached hydrogens (tertiary/aromatic N) is 1. The van der Waals surface area contributed by atoms with Crippen molar-refractivity contribution in [3.05, 3.63) is 59.7 Å². The number of ether oxygens (including phenoxy) is 1. The minimum Gasteiger partial charge on any atom is -0.480 e. The Balaban J connectivity index is 1.40. The number of carbonyl (C=O) groups excluding carboxylic acids is 2. The quantitative estimate of drug-likeness (QED) is 0.575. The minimum absolute atomic E-state index is 0.0586. The van der Waals surface area contributed by atoms with E-state index < -0.39 is 49.2 Å². The molecule has 1 saturated carbocycles. The van der Waals surface area contributed by atoms with Gasteiger partial charge in [0.25, 0.3) is 0 Å². The second kappa shape index (κ2) is 9.59. The number of rotatable bonds is 8. The Kier molecular flexibility index (Phi) is 6.73. The van der Waals surface area contributed by atoms with Crippen LogP contribution in [0.4, 0.5) is 18.0 Å². The zero-order chi connectivity index (χ0) is 25.2. The number of carboxylic acids is 1. The molecule has 0 radical (unpaired) electrons. The van der Waals surface area contributed by atoms with Gasteiger partial charge in [0.05, 0.1) is 12.0 Å². The number of hydrogen-bond acceptors (Lipinski definition) is 4. The van der Waals surface area contributed by atoms with Crippen molar-refractivity contribution in [1.29, 1.82) is 0 Å². The van der Waals surface area contributed by atoms with E-state index in [0.717, 1.165) is 22.3 Å². The second-order valence-corrected chi connectivity index (χ2v) is 9.02. The Bertz CT molecular complexity index is 1080. The van der Waals surface area contributed by atoms with Crippen LogP contribution in [0.5, 0.6) is 0 Å². The topological polar surface area (TPSA) is 95.9 Å². The summed E-state index contributed by atoms with van der Waals surface area (Å²) in [5.41, 5.74) is 3.16. The van der Waals surface area contributed by atoms with Crippen LogP contribution in [0.25, 0.3) is 11.1 Å². The van der Waals surface area contributed by atoms with Gasteiger partial charge in [-0.15, -0.1) is 0 Å². The van der Waals surface area contributed by atoms with E-state index >= 15 is 0 Å². The van der Waals surface area contributed by atoms with Crippen molar-refractivity contribution < 1.29 is 37.4 Å². The summed E-state index contributed by atoms with van der Waals surface area (Å²) in [7, 11) is 0. The number of alkyl carbamates (subject to hydrolysis) is 1. The van der Waals surface area contributed by atoms with E-state index in [1.165, 1.54) is 0 Å². The maximum absolute atomic E-state index is 12.8. The number of amides is 2. The lowest BCUT2D eigenvalue weighted by atomic mass is 9.74. The van der Waals surface area contributed by atoms with Crippen molar-refractivity contribution in [2.24, 2.45) is 0 Å². The molecule has 0 spiro atoms. The van der Waals surface area contributed by atoms with E-state index in [1.807, 2.05) is 48.5 Å². The Morgan fingerprint density at radius 3 is 2.09 bits per heavy atom. The molecule has 2 aliphatic rings. The average Bonchev–Trinajstić information content (AvgIpc) is 3.08. The molecule has 2 aromatic carbocycles. The molecule has 2 aromatic rings. The average molecular weight is 490 g/mol. The molecule has 4 rings (SSSR count). The number of fused-ring (bicyclic) bond motifs is 3. The highest BCUT2D eigenvalue weighted by Gasteiger charge is 2.43. The Morgan fingerprint density at radius 2 is 1.60 bits per heavy atom. The number of hydrogen-bond donors (Lipinski definition) is 2. The number of alkyl halides is 3. The monoisotopic (exact) mass is 490 g/mol. The van der Waals surface area contributed by atoms with Crippen molar-refractivity contribution in [3.63, 3.8) is 0 Å². The first-order valence-electron chi connectivity index (χ1n) is 11.3. The van der Waals surface area contributed by atoms with E-state index in [9.17, 15) is 27.6 Å². The van der Waals surface area contributed by atoms with E-state index in [-0.39, 0.29) is 17.4 Å². The van der Waals surface area contributed by atoms with Gasteiger partial charge in [-0.3, -0.25) is 9.59 Å². The SMILES string of the molecule is O=C(O)CN(CC(F)(F)F)C(=O)CC1(NC(=O)OCC2c3ccccc3-c3ccccc32)CCC1. The summed E-state index contributed by atoms with van der Waals surface area (Å²) in [6.45, 7) is -2.68. The lowest BCUT2D eigenvalue weighted by Gasteiger charge is -2.42. The molecule has 0 unspecified atom stereocenters. The van der Waals surface area contributed by atoms with Gasteiger partial charge in [0, 0.05) is 5.92 Å². The van der Waals surface area contributed by atoms with Crippen LogP contribution < -0.4 is 5.32 Å². The predicted molar refractivity (Wildman–Crippen MR) is 120 cm³/mol. The second-order valence-electron chi connectivity index (χ2n) is 9.02. The molecular weight excluding hydrogens is 465 g/mol. The van der Waals surface area contributed by atoms with Gasteiger partial charge < -0.3 is 20.1 Å². The van der Waals surface area contributed by atoms with Gasteiger partial charge in [0.2, 0.25) is 5.91 Å². The van der Waals surface area contributed by atoms with Crippen LogP contribution in [-0.2, 0) is 14.3 Å². The molecule has 7 nitrogen and oxygen atoms in total. The van der Waals surface area contributed by atoms with E-state index in [2.05, 4.69) is 5.32 Å². The van der Waals surface area contributed by atoms with Crippen molar-refractivity contribution in [2.75, 3.05) is 19.7 Å². The van der Waals surface area contributed by atoms with Gasteiger partial charge in [-0.2, -0.15) is 13.2 Å². The molecule has 10 heteroatoms. The van der Waals surface area contributed by atoms with Crippen LogP contribution >= 0.6 is 0 Å². The van der Waals surface area contributed by atoms with Crippen molar-refractivity contribution in [1.82, 2.24) is 10.2 Å². The fourth-order valence-corrected chi connectivity index (χ4v) is 4.81. The first-order chi connectivity index (χ1) is 16.6. The molecule has 0 atom stereocenters. The highest BCUT2D eigenvalue weighted by molar-refractivity contribution is 5.83. The summed E-state index contributed by atoms with van der Waals surface area (Å²) in [4.78, 5) is 36.4. The van der Waals surface area contributed by atoms with Gasteiger partial charge in [0.1, 0.15) is 19.7 Å². The normalized spacial score (nSPS) is 16.0. The molecule has 0 bridgehead atoms. The molecule has 0 heterocycles. The summed E-state index contributed by atoms with van der Waals surface area (Å²) in [6, 6.07) is 15.7. The van der Waals surface area contributed by atoms with E-state index in [0.29, 0.717) is 19.3 Å². The number of nitrogens with one attached hydrogen (secondary N) is 1. The predicted octanol–water partition coefficient (Wildman–Crippen LogP) is 4.31. The van der Waals surface area contributed by atoms with Crippen LogP contribution in [0, 0.1) is 0 Å². The summed E-state index contributed by atoms with van der Waals surface area (Å²) in [5.74, 6) is -2.69. The molecule has 0 saturated heterocycles. The van der Waals surface area contributed by atoms with Gasteiger partial charge >= 0.3 is 18.2 Å². The Morgan fingerprint density at radius 1 is 1.03 bits per heavy atom. The zero-order valence-electron chi connectivity index (χ0n) is 18.8. The van der Waals surface area contributed by atoms with Crippen LogP contribution in [0.2, 0.25) is 0 Å². The molecule has 0 aliphatic heterocycles. The number of carboxylic acid groups (broad SMARTS) is 1. The number of halogens is 3. The van der Waals surface area contributed by atoms with Crippen LogP contribution in [-0.4, -0.2) is 59.4 Å². The first-order valence-corrected chi connectivity index (χ1v) is 11.3. The molecule has 1 fully saturated rings. The van der Waals surface area contributed by atoms with E-state index in [4.69, 9.17) is 9.84 Å². The van der Waals surface area contributed by atoms with Gasteiger partial charge in [0.15, 0.2) is 0 Å². The molecule has 186 valence electrons. The fraction of sp³-hybridized carbons (Fsp3) is 0.400. The highest BCUT2D eigenvalue weighted by Crippen LogP contribution is 2.44. The van der Waals surface area contributed by atoms with Crippen LogP contribution in [0.15, 0.2) is 48.5 Å². The largest absolute Gasteiger partial charge is 0.480 e. The van der Waals surface area contributed by atoms with Crippen LogP contribution in [0.1, 0.15) is 42.7 Å². The number of carbonyl (C=O) groups is 3. The van der Waals surface area contributed by atoms with Crippen molar-refractivity contribution >= 4 is 18.0 Å². The lowest BCUT2D eigenvalue weighted by molar-refractivity contribution is -0.167. The summed E-state index contributed by atoms with van der Waals surface area (Å²) in [5, 5.41) is 11.6. The third-order valence-corrected chi connectivity index (χ3v) is 6.56. The summed E-state index contributed by atoms with van der Waals surface area (Å²) < 4.78 is 44.0. The number of benzene rings is 2. The zero-order valence-corrected chi connectivity index (χ0v) is 18.8. The minimum atomic E-state index is -4.74. The fourth-order valence-electron chi connectivity index (χ4n) is 4.81. The smallest absolute Gasteiger partial charge is 0.407 e. The Hall–Kier alpha value is -3.56. The third-order valence-electron chi connectivity index (χ3n) is 6.56. The van der Waals surface area contributed by atoms with Gasteiger partial charge in [-0.1, -0.05) is 48.5 Å². The van der Waals surface area contributed by atoms with Crippen molar-refractivity contribution in [2.45, 2.75) is 43.3 Å². The summed E-state index contributed by atoms with van der Waals surface area (Å²) >= 11 is 0. The third kappa shape index (κ3) is 5.58. The first kappa shape index (κ1) is 24.6. The molecule has 0 aromatic heterocycles. The molecular formula is C25H25F3N2O5. The van der Waals surface area contributed by atoms with Crippen LogP contribution in [0.3, 0.4) is 0 Å². The highest BCUT2D eigenvalue weighted by atomic mass is 19.4. The standard InChI is InChI=1S/C25H25F3N2O5/c26-25(27,28)15-30(13-22(32)33)21(31)12-24(10-5-11-24)29-23(34)35-14-20-18-8-3-1-6-16(18)17-7-2-4-9-19(17)20/h1-4,6-9,20H,5,10-15H2,(H,29,34)(H,32,33). The molecule has 2 N–H and O–H groups in total. The molecule has 35 heavy (non-hydrogen) atoms. The van der Waals surface area contributed by atoms with Crippen molar-refractivity contribution in [3.8, 4) is 11.1 Å². The maximum Gasteiger partial charge on any atom is 0.407 e. The maximum atomic E-state index is 12.8. The molecule has 2 amide bonds. The van der Waals surface area contributed by atoms with Gasteiger partial charge in [-0.25, -0.2) is 4.79 Å². The lowest BCUT2D eigenvalue weighted by Crippen LogP contribution is -2.57. The van der Waals surface area contributed by atoms with E-state index in [1.54, 1.807) is 0 Å². The number of aliphatic carboxylic acids is 1.